The molecule has 0 radical (unpaired) electrons. The van der Waals surface area contributed by atoms with Crippen molar-refractivity contribution in [3.05, 3.63) is 267 Å². The summed E-state index contributed by atoms with van der Waals surface area (Å²) in [5.41, 5.74) is 17.6. The van der Waals surface area contributed by atoms with Crippen LogP contribution in [0.15, 0.2) is 276 Å². The number of fused-ring (bicyclic) bond motifs is 17. The third-order valence-corrected chi connectivity index (χ3v) is 16.9. The Morgan fingerprint density at radius 2 is 0.651 bits per heavy atom. The van der Waals surface area contributed by atoms with Crippen molar-refractivity contribution in [2.24, 2.45) is 0 Å². The fourth-order valence-corrected chi connectivity index (χ4v) is 13.3. The molecule has 6 heterocycles. The lowest BCUT2D eigenvalue weighted by molar-refractivity contribution is 0.669. The van der Waals surface area contributed by atoms with E-state index in [0.717, 1.165) is 154 Å². The van der Waals surface area contributed by atoms with Gasteiger partial charge >= 0.3 is 0 Å². The van der Waals surface area contributed by atoms with Crippen molar-refractivity contribution in [2.45, 2.75) is 0 Å². The number of rotatable bonds is 7. The van der Waals surface area contributed by atoms with E-state index in [1.165, 1.54) is 0 Å². The van der Waals surface area contributed by atoms with Gasteiger partial charge in [0.1, 0.15) is 22.3 Å². The minimum Gasteiger partial charge on any atom is -0.456 e. The first kappa shape index (κ1) is 45.5. The topological polar surface area (TPSA) is 79.7 Å². The van der Waals surface area contributed by atoms with E-state index in [0.29, 0.717) is 17.6 Å². The Morgan fingerprint density at radius 3 is 1.13 bits per heavy atom. The van der Waals surface area contributed by atoms with Gasteiger partial charge in [-0.05, 0) is 119 Å². The molecule has 0 N–H and O–H groups in total. The molecular formula is C75H44N6O2. The van der Waals surface area contributed by atoms with Crippen molar-refractivity contribution in [2.75, 3.05) is 0 Å². The van der Waals surface area contributed by atoms with Crippen LogP contribution in [0.4, 0.5) is 0 Å². The molecule has 8 heteroatoms. The average Bonchev–Trinajstić information content (AvgIpc) is 4.54. The second-order valence-electron chi connectivity index (χ2n) is 21.4. The molecule has 0 amide bonds. The van der Waals surface area contributed by atoms with Gasteiger partial charge < -0.3 is 18.0 Å². The van der Waals surface area contributed by atoms with E-state index in [-0.39, 0.29) is 0 Å². The van der Waals surface area contributed by atoms with Gasteiger partial charge in [0.15, 0.2) is 11.6 Å². The standard InChI is InChI=1S/C75H44N6O2/c1-3-19-45(20-4-1)47-35-39-63-57(43-47)58-44-48(46-21-5-2-6-22-46)36-40-64(58)81(63)75-77-73(53-25-9-15-31-61(53)79-59-29-13-7-23-49(59)51-37-41-67-69(71(51)79)55-27-11-17-33-65(55)82-67)76-74(78-75)54-26-10-16-32-62(54)80-60-30-14-8-24-50(60)52-38-42-68-70(72(52)80)56-28-12-18-34-66(56)83-68/h1-44H. The van der Waals surface area contributed by atoms with Gasteiger partial charge in [-0.2, -0.15) is 9.97 Å². The lowest BCUT2D eigenvalue weighted by Crippen LogP contribution is -2.09. The molecule has 0 saturated heterocycles. The maximum Gasteiger partial charge on any atom is 0.238 e. The first-order valence-corrected chi connectivity index (χ1v) is 28.0. The van der Waals surface area contributed by atoms with E-state index >= 15 is 0 Å². The van der Waals surface area contributed by atoms with E-state index in [4.69, 9.17) is 23.8 Å². The predicted octanol–water partition coefficient (Wildman–Crippen LogP) is 19.6. The molecule has 0 bridgehead atoms. The number of hydrogen-bond acceptors (Lipinski definition) is 5. The number of benzene rings is 12. The van der Waals surface area contributed by atoms with Crippen LogP contribution >= 0.6 is 0 Å². The maximum absolute atomic E-state index is 6.60. The van der Waals surface area contributed by atoms with Gasteiger partial charge in [0.25, 0.3) is 0 Å². The van der Waals surface area contributed by atoms with Crippen molar-refractivity contribution >= 4 is 109 Å². The molecule has 0 aliphatic rings. The second-order valence-corrected chi connectivity index (χ2v) is 21.4. The Hall–Kier alpha value is -11.4. The monoisotopic (exact) mass is 1060 g/mol. The van der Waals surface area contributed by atoms with Crippen LogP contribution in [0.1, 0.15) is 0 Å². The Balaban J connectivity index is 0.954. The van der Waals surface area contributed by atoms with Crippen LogP contribution < -0.4 is 0 Å². The van der Waals surface area contributed by atoms with Crippen LogP contribution in [0.2, 0.25) is 0 Å². The molecule has 0 atom stereocenters. The Kier molecular flexibility index (Phi) is 9.64. The molecule has 6 aromatic heterocycles. The van der Waals surface area contributed by atoms with Crippen LogP contribution in [0, 0.1) is 0 Å². The molecule has 8 nitrogen and oxygen atoms in total. The SMILES string of the molecule is c1ccc(-c2ccc3c(c2)c2cc(-c4ccccc4)ccc2n3-c2nc(-c3ccccc3-n3c4ccccc4c4ccc5oc6ccccc6c5c43)nc(-c3ccccc3-n3c4ccccc4c4ccc5oc6ccccc6c5c43)n2)cc1. The zero-order valence-electron chi connectivity index (χ0n) is 44.4. The molecule has 0 fully saturated rings. The van der Waals surface area contributed by atoms with Crippen LogP contribution in [0.5, 0.6) is 0 Å². The average molecular weight is 1060 g/mol. The summed E-state index contributed by atoms with van der Waals surface area (Å²) in [5, 5.41) is 10.9. The predicted molar refractivity (Wildman–Crippen MR) is 339 cm³/mol. The first-order chi connectivity index (χ1) is 41.2. The third kappa shape index (κ3) is 6.72. The summed E-state index contributed by atoms with van der Waals surface area (Å²) in [5.74, 6) is 1.53. The van der Waals surface area contributed by atoms with Crippen molar-refractivity contribution in [3.8, 4) is 62.4 Å². The van der Waals surface area contributed by atoms with Crippen LogP contribution in [0.25, 0.3) is 172 Å². The Labute approximate surface area is 473 Å². The zero-order chi connectivity index (χ0) is 54.3. The third-order valence-electron chi connectivity index (χ3n) is 16.9. The van der Waals surface area contributed by atoms with Gasteiger partial charge in [-0.25, -0.2) is 4.98 Å². The van der Waals surface area contributed by atoms with Crippen molar-refractivity contribution in [1.29, 1.82) is 0 Å². The molecule has 83 heavy (non-hydrogen) atoms. The summed E-state index contributed by atoms with van der Waals surface area (Å²) in [6, 6.07) is 94.3. The quantitative estimate of drug-likeness (QED) is 0.159. The highest BCUT2D eigenvalue weighted by molar-refractivity contribution is 6.26. The number of hydrogen-bond donors (Lipinski definition) is 0. The molecule has 0 spiro atoms. The summed E-state index contributed by atoms with van der Waals surface area (Å²) in [7, 11) is 0. The second kappa shape index (κ2) is 17.6. The highest BCUT2D eigenvalue weighted by Crippen LogP contribution is 2.46. The van der Waals surface area contributed by atoms with Gasteiger partial charge in [0, 0.05) is 54.2 Å². The summed E-state index contributed by atoms with van der Waals surface area (Å²) >= 11 is 0. The van der Waals surface area contributed by atoms with Gasteiger partial charge in [-0.15, -0.1) is 0 Å². The maximum atomic E-state index is 6.60. The highest BCUT2D eigenvalue weighted by atomic mass is 16.3. The van der Waals surface area contributed by atoms with Gasteiger partial charge in [-0.1, -0.05) is 170 Å². The fourth-order valence-electron chi connectivity index (χ4n) is 13.3. The van der Waals surface area contributed by atoms with Crippen molar-refractivity contribution in [1.82, 2.24) is 28.7 Å². The Morgan fingerprint density at radius 1 is 0.253 bits per heavy atom. The fraction of sp³-hybridized carbons (Fsp3) is 0. The molecule has 12 aromatic carbocycles. The molecule has 0 aliphatic heterocycles. The summed E-state index contributed by atoms with van der Waals surface area (Å²) in [6.45, 7) is 0. The minimum absolute atomic E-state index is 0.491. The lowest BCUT2D eigenvalue weighted by Gasteiger charge is -2.17. The number of aromatic nitrogens is 6. The Bertz CT molecular complexity index is 5360. The van der Waals surface area contributed by atoms with E-state index in [1.807, 2.05) is 24.3 Å². The van der Waals surface area contributed by atoms with Crippen LogP contribution in [-0.2, 0) is 0 Å². The highest BCUT2D eigenvalue weighted by Gasteiger charge is 2.27. The van der Waals surface area contributed by atoms with Gasteiger partial charge in [0.2, 0.25) is 5.95 Å². The largest absolute Gasteiger partial charge is 0.456 e. The molecule has 0 saturated carbocycles. The minimum atomic E-state index is 0.491. The summed E-state index contributed by atoms with van der Waals surface area (Å²) < 4.78 is 20.2. The molecule has 18 aromatic rings. The number of nitrogens with zero attached hydrogens (tertiary/aromatic N) is 6. The summed E-state index contributed by atoms with van der Waals surface area (Å²) in [4.78, 5) is 17.2. The normalized spacial score (nSPS) is 12.1. The first-order valence-electron chi connectivity index (χ1n) is 28.0. The van der Waals surface area contributed by atoms with Crippen molar-refractivity contribution < 1.29 is 8.83 Å². The molecular weight excluding hydrogens is 1020 g/mol. The summed E-state index contributed by atoms with van der Waals surface area (Å²) in [6.07, 6.45) is 0. The van der Waals surface area contributed by atoms with E-state index in [1.54, 1.807) is 0 Å². The molecule has 18 rings (SSSR count). The van der Waals surface area contributed by atoms with Crippen LogP contribution in [-0.4, -0.2) is 28.7 Å². The number of furan rings is 2. The van der Waals surface area contributed by atoms with Crippen LogP contribution in [0.3, 0.4) is 0 Å². The van der Waals surface area contributed by atoms with E-state index < -0.39 is 0 Å². The van der Waals surface area contributed by atoms with E-state index in [2.05, 4.69) is 256 Å². The molecule has 0 unspecified atom stereocenters. The molecule has 386 valence electrons. The van der Waals surface area contributed by atoms with Crippen molar-refractivity contribution in [3.63, 3.8) is 0 Å². The van der Waals surface area contributed by atoms with Gasteiger partial charge in [0.05, 0.1) is 55.2 Å². The zero-order valence-corrected chi connectivity index (χ0v) is 44.4. The van der Waals surface area contributed by atoms with Gasteiger partial charge in [-0.3, -0.25) is 4.57 Å². The smallest absolute Gasteiger partial charge is 0.238 e. The molecule has 0 aliphatic carbocycles. The van der Waals surface area contributed by atoms with E-state index in [9.17, 15) is 0 Å². The number of para-hydroxylation sites is 6. The lowest BCUT2D eigenvalue weighted by atomic mass is 10.0.